The van der Waals surface area contributed by atoms with Gasteiger partial charge in [-0.15, -0.1) is 0 Å². The number of carbonyl (C=O) groups is 2. The van der Waals surface area contributed by atoms with Crippen molar-refractivity contribution in [1.82, 2.24) is 15.1 Å². The van der Waals surface area contributed by atoms with E-state index in [0.717, 1.165) is 25.9 Å². The average Bonchev–Trinajstić information content (AvgIpc) is 2.85. The Bertz CT molecular complexity index is 493. The Morgan fingerprint density at radius 3 is 2.90 bits per heavy atom. The second-order valence-corrected chi connectivity index (χ2v) is 5.71. The van der Waals surface area contributed by atoms with Crippen molar-refractivity contribution in [3.8, 4) is 0 Å². The lowest BCUT2D eigenvalue weighted by molar-refractivity contribution is -0.119. The molecule has 2 amide bonds. The third-order valence-corrected chi connectivity index (χ3v) is 3.93. The van der Waals surface area contributed by atoms with Gasteiger partial charge in [-0.2, -0.15) is 5.10 Å². The van der Waals surface area contributed by atoms with Crippen LogP contribution in [0, 0.1) is 11.8 Å². The second-order valence-electron chi connectivity index (χ2n) is 5.71. The summed E-state index contributed by atoms with van der Waals surface area (Å²) >= 11 is 0. The van der Waals surface area contributed by atoms with E-state index in [9.17, 15) is 9.59 Å². The summed E-state index contributed by atoms with van der Waals surface area (Å²) in [5.74, 6) is 0.498. The largest absolute Gasteiger partial charge is 0.368 e. The normalized spacial score (nSPS) is 17.4. The number of aromatic nitrogens is 2. The third kappa shape index (κ3) is 4.86. The SMILES string of the molecule is CC(CC(=O)Nc1cnn(CC(N)=O)c1)C1CCNCC1. The quantitative estimate of drug-likeness (QED) is 0.703. The Morgan fingerprint density at radius 1 is 1.52 bits per heavy atom. The second kappa shape index (κ2) is 7.21. The molecule has 7 nitrogen and oxygen atoms in total. The van der Waals surface area contributed by atoms with Gasteiger partial charge in [0, 0.05) is 12.6 Å². The van der Waals surface area contributed by atoms with Gasteiger partial charge in [0.1, 0.15) is 6.54 Å². The number of rotatable bonds is 6. The van der Waals surface area contributed by atoms with Crippen molar-refractivity contribution in [2.24, 2.45) is 17.6 Å². The van der Waals surface area contributed by atoms with Gasteiger partial charge in [0.25, 0.3) is 0 Å². The van der Waals surface area contributed by atoms with Crippen molar-refractivity contribution in [2.75, 3.05) is 18.4 Å². The molecule has 0 bridgehead atoms. The highest BCUT2D eigenvalue weighted by molar-refractivity contribution is 5.90. The summed E-state index contributed by atoms with van der Waals surface area (Å²) in [6.45, 7) is 4.22. The fourth-order valence-corrected chi connectivity index (χ4v) is 2.76. The molecule has 1 aliphatic heterocycles. The molecule has 1 aromatic heterocycles. The molecule has 4 N–H and O–H groups in total. The first-order chi connectivity index (χ1) is 10.0. The van der Waals surface area contributed by atoms with Crippen LogP contribution in [0.15, 0.2) is 12.4 Å². The molecular formula is C14H23N5O2. The highest BCUT2D eigenvalue weighted by Gasteiger charge is 2.22. The molecule has 0 aromatic carbocycles. The van der Waals surface area contributed by atoms with Crippen molar-refractivity contribution in [1.29, 1.82) is 0 Å². The van der Waals surface area contributed by atoms with E-state index >= 15 is 0 Å². The molecule has 1 aromatic rings. The molecule has 116 valence electrons. The molecule has 1 unspecified atom stereocenters. The van der Waals surface area contributed by atoms with Crippen molar-refractivity contribution in [2.45, 2.75) is 32.7 Å². The zero-order valence-corrected chi connectivity index (χ0v) is 12.3. The molecule has 2 rings (SSSR count). The Morgan fingerprint density at radius 2 is 2.24 bits per heavy atom. The number of hydrogen-bond acceptors (Lipinski definition) is 4. The predicted octanol–water partition coefficient (Wildman–Crippen LogP) is 0.333. The van der Waals surface area contributed by atoms with Gasteiger partial charge in [-0.25, -0.2) is 0 Å². The van der Waals surface area contributed by atoms with Gasteiger partial charge in [-0.1, -0.05) is 6.92 Å². The third-order valence-electron chi connectivity index (χ3n) is 3.93. The van der Waals surface area contributed by atoms with E-state index in [-0.39, 0.29) is 12.5 Å². The minimum absolute atomic E-state index is 0.0142. The number of nitrogens with two attached hydrogens (primary N) is 1. The van der Waals surface area contributed by atoms with Crippen LogP contribution in [0.4, 0.5) is 5.69 Å². The van der Waals surface area contributed by atoms with E-state index in [4.69, 9.17) is 5.73 Å². The zero-order valence-electron chi connectivity index (χ0n) is 12.3. The topological polar surface area (TPSA) is 102 Å². The fourth-order valence-electron chi connectivity index (χ4n) is 2.76. The van der Waals surface area contributed by atoms with Gasteiger partial charge in [0.15, 0.2) is 0 Å². The van der Waals surface area contributed by atoms with Gasteiger partial charge >= 0.3 is 0 Å². The van der Waals surface area contributed by atoms with Gasteiger partial charge in [0.05, 0.1) is 11.9 Å². The maximum atomic E-state index is 12.0. The molecule has 2 heterocycles. The predicted molar refractivity (Wildman–Crippen MR) is 79.4 cm³/mol. The molecule has 0 spiro atoms. The lowest BCUT2D eigenvalue weighted by Crippen LogP contribution is -2.32. The van der Waals surface area contributed by atoms with E-state index < -0.39 is 5.91 Å². The Kier molecular flexibility index (Phi) is 5.32. The van der Waals surface area contributed by atoms with Crippen LogP contribution in [-0.2, 0) is 16.1 Å². The van der Waals surface area contributed by atoms with Gasteiger partial charge < -0.3 is 16.4 Å². The van der Waals surface area contributed by atoms with Gasteiger partial charge in [-0.3, -0.25) is 14.3 Å². The standard InChI is InChI=1S/C14H23N5O2/c1-10(11-2-4-16-5-3-11)6-14(21)18-12-7-17-19(8-12)9-13(15)20/h7-8,10-11,16H,2-6,9H2,1H3,(H2,15,20)(H,18,21). The van der Waals surface area contributed by atoms with Gasteiger partial charge in [0.2, 0.25) is 11.8 Å². The monoisotopic (exact) mass is 293 g/mol. The number of primary amides is 1. The molecule has 7 heteroatoms. The first kappa shape index (κ1) is 15.5. The number of carbonyl (C=O) groups excluding carboxylic acids is 2. The molecule has 1 saturated heterocycles. The Hall–Kier alpha value is -1.89. The van der Waals surface area contributed by atoms with E-state index in [1.54, 1.807) is 6.20 Å². The summed E-state index contributed by atoms with van der Waals surface area (Å²) in [5, 5.41) is 10.1. The molecule has 1 atom stereocenters. The summed E-state index contributed by atoms with van der Waals surface area (Å²) in [6, 6.07) is 0. The maximum absolute atomic E-state index is 12.0. The summed E-state index contributed by atoms with van der Waals surface area (Å²) < 4.78 is 1.41. The van der Waals surface area contributed by atoms with Gasteiger partial charge in [-0.05, 0) is 37.8 Å². The van der Waals surface area contributed by atoms with Crippen LogP contribution in [0.3, 0.4) is 0 Å². The minimum Gasteiger partial charge on any atom is -0.368 e. The minimum atomic E-state index is -0.462. The van der Waals surface area contributed by atoms with E-state index in [0.29, 0.717) is 23.9 Å². The summed E-state index contributed by atoms with van der Waals surface area (Å²) in [4.78, 5) is 22.8. The lowest BCUT2D eigenvalue weighted by atomic mass is 9.84. The molecular weight excluding hydrogens is 270 g/mol. The first-order valence-electron chi connectivity index (χ1n) is 7.36. The van der Waals surface area contributed by atoms with Crippen molar-refractivity contribution >= 4 is 17.5 Å². The summed E-state index contributed by atoms with van der Waals surface area (Å²) in [5.41, 5.74) is 5.69. The summed E-state index contributed by atoms with van der Waals surface area (Å²) in [6.07, 6.45) is 5.90. The number of nitrogens with one attached hydrogen (secondary N) is 2. The highest BCUT2D eigenvalue weighted by Crippen LogP contribution is 2.24. The maximum Gasteiger partial charge on any atom is 0.239 e. The lowest BCUT2D eigenvalue weighted by Gasteiger charge is -2.27. The smallest absolute Gasteiger partial charge is 0.239 e. The molecule has 0 radical (unpaired) electrons. The number of anilines is 1. The Balaban J connectivity index is 1.80. The van der Waals surface area contributed by atoms with Crippen LogP contribution in [-0.4, -0.2) is 34.7 Å². The molecule has 21 heavy (non-hydrogen) atoms. The number of piperidine rings is 1. The van der Waals surface area contributed by atoms with Crippen molar-refractivity contribution in [3.63, 3.8) is 0 Å². The molecule has 1 aliphatic rings. The Labute approximate surface area is 124 Å². The van der Waals surface area contributed by atoms with Crippen molar-refractivity contribution in [3.05, 3.63) is 12.4 Å². The van der Waals surface area contributed by atoms with E-state index in [1.165, 1.54) is 10.9 Å². The van der Waals surface area contributed by atoms with Crippen LogP contribution in [0.25, 0.3) is 0 Å². The average molecular weight is 293 g/mol. The molecule has 0 aliphatic carbocycles. The number of hydrogen-bond donors (Lipinski definition) is 3. The van der Waals surface area contributed by atoms with E-state index in [1.807, 2.05) is 0 Å². The molecule has 0 saturated carbocycles. The fraction of sp³-hybridized carbons (Fsp3) is 0.643. The number of nitrogens with zero attached hydrogens (tertiary/aromatic N) is 2. The van der Waals surface area contributed by atoms with Crippen LogP contribution >= 0.6 is 0 Å². The summed E-state index contributed by atoms with van der Waals surface area (Å²) in [7, 11) is 0. The van der Waals surface area contributed by atoms with Crippen LogP contribution in [0.5, 0.6) is 0 Å². The zero-order chi connectivity index (χ0) is 15.2. The van der Waals surface area contributed by atoms with Crippen LogP contribution in [0.1, 0.15) is 26.2 Å². The highest BCUT2D eigenvalue weighted by atomic mass is 16.2. The molecule has 1 fully saturated rings. The van der Waals surface area contributed by atoms with Crippen molar-refractivity contribution < 1.29 is 9.59 Å². The van der Waals surface area contributed by atoms with E-state index in [2.05, 4.69) is 22.7 Å². The van der Waals surface area contributed by atoms with Crippen LogP contribution in [0.2, 0.25) is 0 Å². The first-order valence-corrected chi connectivity index (χ1v) is 7.36. The number of amides is 2. The van der Waals surface area contributed by atoms with Crippen LogP contribution < -0.4 is 16.4 Å².